The number of hydrogen-bond donors (Lipinski definition) is 1. The van der Waals surface area contributed by atoms with Gasteiger partial charge in [0.05, 0.1) is 4.90 Å². The number of hydrogen-bond acceptors (Lipinski definition) is 2. The van der Waals surface area contributed by atoms with E-state index >= 15 is 0 Å². The first kappa shape index (κ1) is 13.5. The Balaban J connectivity index is 2.77. The van der Waals surface area contributed by atoms with Gasteiger partial charge in [-0.2, -0.15) is 0 Å². The summed E-state index contributed by atoms with van der Waals surface area (Å²) < 4.78 is 26.1. The molecule has 0 saturated heterocycles. The van der Waals surface area contributed by atoms with Crippen LogP contribution in [0.25, 0.3) is 0 Å². The largest absolute Gasteiger partial charge is 0.240 e. The van der Waals surface area contributed by atoms with Crippen LogP contribution in [0.1, 0.15) is 12.5 Å². The minimum absolute atomic E-state index is 0.201. The minimum Gasteiger partial charge on any atom is -0.207 e. The molecular weight excluding hydrogens is 234 g/mol. The number of nitrogens with one attached hydrogen (secondary N) is 1. The summed E-state index contributed by atoms with van der Waals surface area (Å²) in [4.78, 5) is 0.259. The van der Waals surface area contributed by atoms with Gasteiger partial charge in [-0.1, -0.05) is 29.7 Å². The fraction of sp³-hybridized carbons (Fsp3) is 0.231. The molecule has 0 fully saturated rings. The summed E-state index contributed by atoms with van der Waals surface area (Å²) >= 11 is 0. The van der Waals surface area contributed by atoms with Gasteiger partial charge in [-0.15, -0.1) is 6.42 Å². The standard InChI is InChI=1S/C13H15NO2S/c1-4-11(2)9-10-14-17(15,16)13-7-5-12(3)6-8-13/h1,5-9,14H,10H2,2-3H3/b11-9+. The Morgan fingerprint density at radius 1 is 1.41 bits per heavy atom. The van der Waals surface area contributed by atoms with Crippen molar-refractivity contribution in [2.75, 3.05) is 6.54 Å². The maximum Gasteiger partial charge on any atom is 0.240 e. The van der Waals surface area contributed by atoms with Gasteiger partial charge in [0.1, 0.15) is 0 Å². The number of terminal acetylenes is 1. The van der Waals surface area contributed by atoms with Crippen LogP contribution in [0.5, 0.6) is 0 Å². The number of sulfonamides is 1. The van der Waals surface area contributed by atoms with Gasteiger partial charge in [0.2, 0.25) is 10.0 Å². The highest BCUT2D eigenvalue weighted by atomic mass is 32.2. The zero-order chi connectivity index (χ0) is 12.9. The Kier molecular flexibility index (Phi) is 4.50. The van der Waals surface area contributed by atoms with Gasteiger partial charge in [0.15, 0.2) is 0 Å². The van der Waals surface area contributed by atoms with Crippen LogP contribution >= 0.6 is 0 Å². The molecular formula is C13H15NO2S. The highest BCUT2D eigenvalue weighted by molar-refractivity contribution is 7.89. The van der Waals surface area contributed by atoms with E-state index in [1.165, 1.54) is 0 Å². The second-order valence-corrected chi connectivity index (χ2v) is 5.46. The van der Waals surface area contributed by atoms with E-state index in [-0.39, 0.29) is 11.4 Å². The fourth-order valence-electron chi connectivity index (χ4n) is 1.16. The van der Waals surface area contributed by atoms with E-state index < -0.39 is 10.0 Å². The van der Waals surface area contributed by atoms with Crippen molar-refractivity contribution >= 4 is 10.0 Å². The molecule has 4 heteroatoms. The van der Waals surface area contributed by atoms with Crippen molar-refractivity contribution in [2.45, 2.75) is 18.7 Å². The van der Waals surface area contributed by atoms with Crippen molar-refractivity contribution < 1.29 is 8.42 Å². The first-order chi connectivity index (χ1) is 7.95. The number of aryl methyl sites for hydroxylation is 1. The third kappa shape index (κ3) is 4.06. The first-order valence-electron chi connectivity index (χ1n) is 5.15. The molecule has 0 aliphatic rings. The molecule has 0 saturated carbocycles. The van der Waals surface area contributed by atoms with Crippen molar-refractivity contribution in [2.24, 2.45) is 0 Å². The molecule has 0 amide bonds. The molecule has 17 heavy (non-hydrogen) atoms. The second kappa shape index (κ2) is 5.67. The molecule has 0 bridgehead atoms. The summed E-state index contributed by atoms with van der Waals surface area (Å²) in [6, 6.07) is 6.68. The van der Waals surface area contributed by atoms with E-state index in [1.807, 2.05) is 6.92 Å². The molecule has 1 aromatic rings. The average molecular weight is 249 g/mol. The van der Waals surface area contributed by atoms with Crippen LogP contribution in [0, 0.1) is 19.3 Å². The molecule has 1 rings (SSSR count). The third-order valence-corrected chi connectivity index (χ3v) is 3.68. The molecule has 90 valence electrons. The van der Waals surface area contributed by atoms with Crippen LogP contribution in [0.2, 0.25) is 0 Å². The Morgan fingerprint density at radius 2 is 2.00 bits per heavy atom. The third-order valence-electron chi connectivity index (χ3n) is 2.24. The Morgan fingerprint density at radius 3 is 2.53 bits per heavy atom. The van der Waals surface area contributed by atoms with Gasteiger partial charge in [0, 0.05) is 6.54 Å². The number of rotatable bonds is 4. The van der Waals surface area contributed by atoms with E-state index in [9.17, 15) is 8.42 Å². The lowest BCUT2D eigenvalue weighted by Gasteiger charge is -2.04. The van der Waals surface area contributed by atoms with E-state index in [4.69, 9.17) is 6.42 Å². The van der Waals surface area contributed by atoms with Gasteiger partial charge >= 0.3 is 0 Å². The van der Waals surface area contributed by atoms with Crippen LogP contribution in [0.3, 0.4) is 0 Å². The normalized spacial score (nSPS) is 12.2. The van der Waals surface area contributed by atoms with E-state index in [1.54, 1.807) is 37.3 Å². The van der Waals surface area contributed by atoms with Gasteiger partial charge in [-0.3, -0.25) is 0 Å². The van der Waals surface area contributed by atoms with Gasteiger partial charge in [0.25, 0.3) is 0 Å². The van der Waals surface area contributed by atoms with E-state index in [0.29, 0.717) is 5.57 Å². The molecule has 0 spiro atoms. The lowest BCUT2D eigenvalue weighted by molar-refractivity contribution is 0.585. The Hall–Kier alpha value is -1.57. The zero-order valence-corrected chi connectivity index (χ0v) is 10.7. The first-order valence-corrected chi connectivity index (χ1v) is 6.64. The zero-order valence-electron chi connectivity index (χ0n) is 9.90. The second-order valence-electron chi connectivity index (χ2n) is 3.70. The summed E-state index contributed by atoms with van der Waals surface area (Å²) in [6.07, 6.45) is 6.81. The predicted octanol–water partition coefficient (Wildman–Crippen LogP) is 1.85. The predicted molar refractivity (Wildman–Crippen MR) is 69.0 cm³/mol. The summed E-state index contributed by atoms with van der Waals surface area (Å²) in [7, 11) is -3.44. The molecule has 0 unspecified atom stereocenters. The molecule has 1 N–H and O–H groups in total. The van der Waals surface area contributed by atoms with Gasteiger partial charge in [-0.25, -0.2) is 13.1 Å². The molecule has 1 aromatic carbocycles. The monoisotopic (exact) mass is 249 g/mol. The van der Waals surface area contributed by atoms with E-state index in [0.717, 1.165) is 5.56 Å². The van der Waals surface area contributed by atoms with Crippen molar-refractivity contribution in [1.82, 2.24) is 4.72 Å². The Bertz CT molecular complexity index is 548. The van der Waals surface area contributed by atoms with Crippen LogP contribution < -0.4 is 4.72 Å². The molecule has 0 aliphatic carbocycles. The Labute approximate surface area is 103 Å². The summed E-state index contributed by atoms with van der Waals surface area (Å²) in [5.74, 6) is 2.42. The summed E-state index contributed by atoms with van der Waals surface area (Å²) in [5.41, 5.74) is 1.73. The maximum absolute atomic E-state index is 11.8. The van der Waals surface area contributed by atoms with E-state index in [2.05, 4.69) is 10.6 Å². The summed E-state index contributed by atoms with van der Waals surface area (Å²) in [5, 5.41) is 0. The van der Waals surface area contributed by atoms with Gasteiger partial charge < -0.3 is 0 Å². The number of benzene rings is 1. The van der Waals surface area contributed by atoms with Crippen LogP contribution in [0.15, 0.2) is 40.8 Å². The molecule has 0 heterocycles. The lowest BCUT2D eigenvalue weighted by atomic mass is 10.2. The molecule has 0 atom stereocenters. The maximum atomic E-state index is 11.8. The summed E-state index contributed by atoms with van der Waals surface area (Å²) in [6.45, 7) is 3.86. The quantitative estimate of drug-likeness (QED) is 0.828. The number of allylic oxidation sites excluding steroid dienone is 1. The molecule has 0 aromatic heterocycles. The van der Waals surface area contributed by atoms with Gasteiger partial charge in [-0.05, 0) is 31.6 Å². The lowest BCUT2D eigenvalue weighted by Crippen LogP contribution is -2.23. The smallest absolute Gasteiger partial charge is 0.207 e. The highest BCUT2D eigenvalue weighted by Crippen LogP contribution is 2.09. The van der Waals surface area contributed by atoms with Crippen LogP contribution in [0.4, 0.5) is 0 Å². The van der Waals surface area contributed by atoms with Crippen molar-refractivity contribution in [1.29, 1.82) is 0 Å². The molecule has 0 radical (unpaired) electrons. The SMILES string of the molecule is C#C/C(C)=C/CNS(=O)(=O)c1ccc(C)cc1. The van der Waals surface area contributed by atoms with Crippen molar-refractivity contribution in [3.63, 3.8) is 0 Å². The highest BCUT2D eigenvalue weighted by Gasteiger charge is 2.11. The average Bonchev–Trinajstić information content (AvgIpc) is 2.29. The van der Waals surface area contributed by atoms with Crippen molar-refractivity contribution in [3.8, 4) is 12.3 Å². The topological polar surface area (TPSA) is 46.2 Å². The fourth-order valence-corrected chi connectivity index (χ4v) is 2.13. The van der Waals surface area contributed by atoms with Crippen LogP contribution in [-0.2, 0) is 10.0 Å². The minimum atomic E-state index is -3.44. The van der Waals surface area contributed by atoms with Crippen molar-refractivity contribution in [3.05, 3.63) is 41.5 Å². The van der Waals surface area contributed by atoms with Crippen LogP contribution in [-0.4, -0.2) is 15.0 Å². The molecule has 0 aliphatic heterocycles. The molecule has 3 nitrogen and oxygen atoms in total.